The Morgan fingerprint density at radius 2 is 1.80 bits per heavy atom. The van der Waals surface area contributed by atoms with Gasteiger partial charge in [-0.05, 0) is 73.9 Å². The van der Waals surface area contributed by atoms with Crippen molar-refractivity contribution in [3.63, 3.8) is 0 Å². The first kappa shape index (κ1) is 24.4. The van der Waals surface area contributed by atoms with E-state index in [9.17, 15) is 9.59 Å². The molecule has 0 saturated carbocycles. The Balaban J connectivity index is 1.36. The minimum Gasteiger partial charge on any atom is -0.494 e. The van der Waals surface area contributed by atoms with Crippen LogP contribution in [0.5, 0.6) is 17.2 Å². The summed E-state index contributed by atoms with van der Waals surface area (Å²) in [7, 11) is 0. The molecule has 1 aliphatic rings. The number of halogens is 1. The molecule has 0 fully saturated rings. The predicted octanol–water partition coefficient (Wildman–Crippen LogP) is 5.17. The van der Waals surface area contributed by atoms with E-state index in [1.54, 1.807) is 47.4 Å². The minimum absolute atomic E-state index is 0.0274. The highest BCUT2D eigenvalue weighted by Gasteiger charge is 2.25. The lowest BCUT2D eigenvalue weighted by atomic mass is 10.1. The van der Waals surface area contributed by atoms with Crippen molar-refractivity contribution in [2.75, 3.05) is 36.6 Å². The van der Waals surface area contributed by atoms with Crippen LogP contribution in [-0.2, 0) is 9.59 Å². The van der Waals surface area contributed by atoms with Crippen LogP contribution in [0.25, 0.3) is 0 Å². The molecule has 4 rings (SSSR count). The second kappa shape index (κ2) is 11.1. The van der Waals surface area contributed by atoms with Crippen LogP contribution in [0.15, 0.2) is 60.7 Å². The summed E-state index contributed by atoms with van der Waals surface area (Å²) in [4.78, 5) is 26.7. The summed E-state index contributed by atoms with van der Waals surface area (Å²) in [6, 6.07) is 18.2. The zero-order chi connectivity index (χ0) is 24.8. The molecule has 1 aliphatic heterocycles. The fourth-order valence-corrected chi connectivity index (χ4v) is 3.96. The molecule has 182 valence electrons. The molecule has 3 aromatic carbocycles. The van der Waals surface area contributed by atoms with Crippen LogP contribution >= 0.6 is 11.6 Å². The van der Waals surface area contributed by atoms with E-state index in [-0.39, 0.29) is 25.0 Å². The van der Waals surface area contributed by atoms with E-state index >= 15 is 0 Å². The number of hydrogen-bond donors (Lipinski definition) is 1. The van der Waals surface area contributed by atoms with Crippen LogP contribution in [-0.4, -0.2) is 38.2 Å². The van der Waals surface area contributed by atoms with Crippen LogP contribution in [0.2, 0.25) is 5.02 Å². The summed E-state index contributed by atoms with van der Waals surface area (Å²) < 4.78 is 17.0. The molecule has 3 aromatic rings. The Kier molecular flexibility index (Phi) is 7.77. The molecular weight excluding hydrogens is 468 g/mol. The van der Waals surface area contributed by atoms with Gasteiger partial charge in [-0.25, -0.2) is 0 Å². The molecule has 1 heterocycles. The van der Waals surface area contributed by atoms with E-state index < -0.39 is 0 Å². The fourth-order valence-electron chi connectivity index (χ4n) is 3.83. The van der Waals surface area contributed by atoms with Crippen molar-refractivity contribution >= 4 is 34.8 Å². The zero-order valence-electron chi connectivity index (χ0n) is 19.7. The van der Waals surface area contributed by atoms with Gasteiger partial charge in [0.2, 0.25) is 0 Å². The Bertz CT molecular complexity index is 1190. The summed E-state index contributed by atoms with van der Waals surface area (Å²) in [5, 5.41) is 3.48. The van der Waals surface area contributed by atoms with Gasteiger partial charge in [0.15, 0.2) is 13.2 Å². The summed E-state index contributed by atoms with van der Waals surface area (Å²) in [5.41, 5.74) is 3.11. The number of benzene rings is 3. The highest BCUT2D eigenvalue weighted by atomic mass is 35.5. The average molecular weight is 495 g/mol. The molecule has 0 radical (unpaired) electrons. The van der Waals surface area contributed by atoms with Crippen LogP contribution in [0.4, 0.5) is 11.4 Å². The van der Waals surface area contributed by atoms with Gasteiger partial charge in [-0.2, -0.15) is 0 Å². The molecule has 2 amide bonds. The second-order valence-corrected chi connectivity index (χ2v) is 8.67. The molecule has 0 aromatic heterocycles. The van der Waals surface area contributed by atoms with Gasteiger partial charge in [0, 0.05) is 17.3 Å². The second-order valence-electron chi connectivity index (χ2n) is 8.23. The molecule has 0 aliphatic carbocycles. The van der Waals surface area contributed by atoms with Gasteiger partial charge in [0.25, 0.3) is 11.8 Å². The number of amides is 2. The van der Waals surface area contributed by atoms with E-state index in [4.69, 9.17) is 25.8 Å². The first-order valence-corrected chi connectivity index (χ1v) is 11.7. The number of aryl methyl sites for hydroxylation is 2. The Morgan fingerprint density at radius 3 is 2.54 bits per heavy atom. The van der Waals surface area contributed by atoms with E-state index in [2.05, 4.69) is 5.32 Å². The third-order valence-electron chi connectivity index (χ3n) is 5.55. The molecular formula is C27H27ClN2O5. The van der Waals surface area contributed by atoms with Crippen molar-refractivity contribution in [3.8, 4) is 17.2 Å². The van der Waals surface area contributed by atoms with Crippen LogP contribution in [0.1, 0.15) is 17.5 Å². The van der Waals surface area contributed by atoms with Gasteiger partial charge in [-0.3, -0.25) is 9.59 Å². The van der Waals surface area contributed by atoms with Crippen LogP contribution < -0.4 is 24.4 Å². The van der Waals surface area contributed by atoms with E-state index in [0.29, 0.717) is 47.5 Å². The van der Waals surface area contributed by atoms with Gasteiger partial charge < -0.3 is 24.4 Å². The minimum atomic E-state index is -0.293. The van der Waals surface area contributed by atoms with Crippen molar-refractivity contribution in [2.45, 2.75) is 20.3 Å². The molecule has 35 heavy (non-hydrogen) atoms. The maximum Gasteiger partial charge on any atom is 0.265 e. The lowest BCUT2D eigenvalue weighted by Gasteiger charge is -2.30. The molecule has 7 nitrogen and oxygen atoms in total. The summed E-state index contributed by atoms with van der Waals surface area (Å²) >= 11 is 5.90. The number of para-hydroxylation sites is 1. The quantitative estimate of drug-likeness (QED) is 0.415. The van der Waals surface area contributed by atoms with Crippen molar-refractivity contribution in [2.24, 2.45) is 0 Å². The molecule has 0 unspecified atom stereocenters. The normalized spacial score (nSPS) is 12.5. The Hall–Kier alpha value is -3.71. The summed E-state index contributed by atoms with van der Waals surface area (Å²) in [6.45, 7) is 4.62. The van der Waals surface area contributed by atoms with Crippen LogP contribution in [0, 0.1) is 13.8 Å². The number of carbonyl (C=O) groups excluding carboxylic acids is 2. The van der Waals surface area contributed by atoms with Gasteiger partial charge in [0.05, 0.1) is 12.3 Å². The number of fused-ring (bicyclic) bond motifs is 1. The van der Waals surface area contributed by atoms with Gasteiger partial charge in [0.1, 0.15) is 17.2 Å². The SMILES string of the molecule is Cc1cccc(C)c1OCC(=O)Nc1ccc2c(c1)N(CCCOc1ccc(Cl)cc1)C(=O)CO2. The smallest absolute Gasteiger partial charge is 0.265 e. The zero-order valence-corrected chi connectivity index (χ0v) is 20.4. The van der Waals surface area contributed by atoms with Crippen molar-refractivity contribution in [1.82, 2.24) is 0 Å². The number of carbonyl (C=O) groups is 2. The molecule has 0 spiro atoms. The van der Waals surface area contributed by atoms with E-state index in [1.165, 1.54) is 0 Å². The summed E-state index contributed by atoms with van der Waals surface area (Å²) in [5.74, 6) is 1.58. The number of ether oxygens (including phenoxy) is 3. The monoisotopic (exact) mass is 494 g/mol. The number of nitrogens with one attached hydrogen (secondary N) is 1. The first-order chi connectivity index (χ1) is 16.9. The number of nitrogens with zero attached hydrogens (tertiary/aromatic N) is 1. The maximum atomic E-state index is 12.6. The van der Waals surface area contributed by atoms with Gasteiger partial charge in [-0.1, -0.05) is 29.8 Å². The number of anilines is 2. The van der Waals surface area contributed by atoms with E-state index in [0.717, 1.165) is 16.9 Å². The fraction of sp³-hybridized carbons (Fsp3) is 0.259. The van der Waals surface area contributed by atoms with Crippen molar-refractivity contribution < 1.29 is 23.8 Å². The standard InChI is InChI=1S/C27H27ClN2O5/c1-18-5-3-6-19(2)27(18)35-16-25(31)29-21-9-12-24-23(15-21)30(26(32)17-34-24)13-4-14-33-22-10-7-20(28)8-11-22/h3,5-12,15H,4,13-14,16-17H2,1-2H3,(H,29,31). The van der Waals surface area contributed by atoms with Crippen molar-refractivity contribution in [1.29, 1.82) is 0 Å². The molecule has 0 atom stereocenters. The van der Waals surface area contributed by atoms with Crippen molar-refractivity contribution in [3.05, 3.63) is 76.8 Å². The van der Waals surface area contributed by atoms with E-state index in [1.807, 2.05) is 32.0 Å². The first-order valence-electron chi connectivity index (χ1n) is 11.3. The lowest BCUT2D eigenvalue weighted by molar-refractivity contribution is -0.121. The van der Waals surface area contributed by atoms with Gasteiger partial charge >= 0.3 is 0 Å². The number of rotatable bonds is 9. The molecule has 8 heteroatoms. The Labute approximate surface area is 209 Å². The topological polar surface area (TPSA) is 77.1 Å². The largest absolute Gasteiger partial charge is 0.494 e. The van der Waals surface area contributed by atoms with Crippen LogP contribution in [0.3, 0.4) is 0 Å². The summed E-state index contributed by atoms with van der Waals surface area (Å²) in [6.07, 6.45) is 0.619. The highest BCUT2D eigenvalue weighted by molar-refractivity contribution is 6.30. The molecule has 1 N–H and O–H groups in total. The number of hydrogen-bond acceptors (Lipinski definition) is 5. The highest BCUT2D eigenvalue weighted by Crippen LogP contribution is 2.34. The predicted molar refractivity (Wildman–Crippen MR) is 136 cm³/mol. The molecule has 0 saturated heterocycles. The average Bonchev–Trinajstić information content (AvgIpc) is 2.84. The maximum absolute atomic E-state index is 12.6. The Morgan fingerprint density at radius 1 is 1.06 bits per heavy atom. The third-order valence-corrected chi connectivity index (χ3v) is 5.80. The lowest BCUT2D eigenvalue weighted by Crippen LogP contribution is -2.39. The van der Waals surface area contributed by atoms with Gasteiger partial charge in [-0.15, -0.1) is 0 Å². The molecule has 0 bridgehead atoms. The third kappa shape index (κ3) is 6.25.